The molecule has 1 amide bonds. The molecule has 0 spiro atoms. The second kappa shape index (κ2) is 10.9. The third-order valence-electron chi connectivity index (χ3n) is 5.08. The molecule has 3 rings (SSSR count). The van der Waals surface area contributed by atoms with Gasteiger partial charge in [-0.3, -0.25) is 9.10 Å². The van der Waals surface area contributed by atoms with E-state index in [0.29, 0.717) is 34.0 Å². The average Bonchev–Trinajstić information content (AvgIpc) is 2.83. The van der Waals surface area contributed by atoms with Crippen LogP contribution in [-0.4, -0.2) is 34.6 Å². The number of aryl methyl sites for hydroxylation is 1. The van der Waals surface area contributed by atoms with Crippen molar-refractivity contribution >= 4 is 27.3 Å². The first-order valence-electron chi connectivity index (χ1n) is 10.8. The molecule has 0 aliphatic carbocycles. The molecule has 11 heteroatoms. The van der Waals surface area contributed by atoms with Gasteiger partial charge in [-0.2, -0.15) is 13.2 Å². The molecule has 3 aromatic carbocycles. The molecular formula is C25H25F3N2O5S. The van der Waals surface area contributed by atoms with Gasteiger partial charge in [0.25, 0.3) is 10.0 Å². The van der Waals surface area contributed by atoms with E-state index in [4.69, 9.17) is 9.47 Å². The molecule has 0 atom stereocenters. The number of methoxy groups -OCH3 is 1. The number of hydrogen-bond donors (Lipinski definition) is 1. The van der Waals surface area contributed by atoms with Crippen molar-refractivity contribution < 1.29 is 35.9 Å². The van der Waals surface area contributed by atoms with E-state index in [9.17, 15) is 26.4 Å². The predicted molar refractivity (Wildman–Crippen MR) is 130 cm³/mol. The maximum absolute atomic E-state index is 13.7. The molecule has 0 aromatic heterocycles. The molecular weight excluding hydrogens is 497 g/mol. The maximum atomic E-state index is 13.7. The zero-order valence-corrected chi connectivity index (χ0v) is 20.6. The first-order valence-corrected chi connectivity index (χ1v) is 12.3. The second-order valence-electron chi connectivity index (χ2n) is 7.72. The van der Waals surface area contributed by atoms with Crippen LogP contribution in [0, 0.1) is 6.92 Å². The van der Waals surface area contributed by atoms with Crippen molar-refractivity contribution in [2.75, 3.05) is 29.9 Å². The number of benzene rings is 3. The van der Waals surface area contributed by atoms with Gasteiger partial charge in [0.1, 0.15) is 22.9 Å². The highest BCUT2D eigenvalue weighted by molar-refractivity contribution is 7.93. The highest BCUT2D eigenvalue weighted by Gasteiger charge is 2.34. The lowest BCUT2D eigenvalue weighted by atomic mass is 10.2. The summed E-state index contributed by atoms with van der Waals surface area (Å²) in [6, 6.07) is 14.6. The normalized spacial score (nSPS) is 11.6. The molecule has 0 saturated carbocycles. The van der Waals surface area contributed by atoms with E-state index in [2.05, 4.69) is 5.32 Å². The summed E-state index contributed by atoms with van der Waals surface area (Å²) in [6.45, 7) is 3.15. The number of nitrogens with zero attached hydrogens (tertiary/aromatic N) is 1. The van der Waals surface area contributed by atoms with Gasteiger partial charge in [0, 0.05) is 5.69 Å². The summed E-state index contributed by atoms with van der Waals surface area (Å²) in [4.78, 5) is 12.6. The summed E-state index contributed by atoms with van der Waals surface area (Å²) >= 11 is 0. The second-order valence-corrected chi connectivity index (χ2v) is 9.55. The van der Waals surface area contributed by atoms with Gasteiger partial charge in [-0.15, -0.1) is 0 Å². The molecule has 0 aliphatic heterocycles. The predicted octanol–water partition coefficient (Wildman–Crippen LogP) is 5.26. The lowest BCUT2D eigenvalue weighted by Gasteiger charge is -2.26. The Bertz CT molecular complexity index is 1330. The highest BCUT2D eigenvalue weighted by Crippen LogP contribution is 2.35. The number of amides is 1. The first kappa shape index (κ1) is 26.9. The van der Waals surface area contributed by atoms with Crippen molar-refractivity contribution in [1.29, 1.82) is 0 Å². The Morgan fingerprint density at radius 1 is 1.03 bits per heavy atom. The molecule has 0 fully saturated rings. The summed E-state index contributed by atoms with van der Waals surface area (Å²) in [7, 11) is -3.25. The van der Waals surface area contributed by atoms with Crippen LogP contribution in [0.2, 0.25) is 0 Å². The van der Waals surface area contributed by atoms with Crippen molar-refractivity contribution in [1.82, 2.24) is 0 Å². The molecule has 0 heterocycles. The number of anilines is 2. The van der Waals surface area contributed by atoms with Crippen molar-refractivity contribution in [3.63, 3.8) is 0 Å². The molecule has 192 valence electrons. The summed E-state index contributed by atoms with van der Waals surface area (Å²) in [5.74, 6) is -0.188. The number of sulfonamides is 1. The van der Waals surface area contributed by atoms with Gasteiger partial charge < -0.3 is 14.8 Å². The van der Waals surface area contributed by atoms with Crippen LogP contribution in [-0.2, 0) is 21.0 Å². The maximum Gasteiger partial charge on any atom is 0.416 e. The van der Waals surface area contributed by atoms with Gasteiger partial charge in [-0.25, -0.2) is 8.42 Å². The Balaban J connectivity index is 2.02. The summed E-state index contributed by atoms with van der Waals surface area (Å²) in [5, 5.41) is 2.57. The third-order valence-corrected chi connectivity index (χ3v) is 6.88. The molecule has 0 bridgehead atoms. The minimum absolute atomic E-state index is 0.00972. The number of carbonyl (C=O) groups is 1. The fourth-order valence-corrected chi connectivity index (χ4v) is 5.04. The van der Waals surface area contributed by atoms with Crippen LogP contribution in [0.25, 0.3) is 0 Å². The Kier molecular flexibility index (Phi) is 8.13. The minimum atomic E-state index is -4.71. The van der Waals surface area contributed by atoms with Crippen molar-refractivity contribution in [3.8, 4) is 11.5 Å². The first-order chi connectivity index (χ1) is 17.0. The van der Waals surface area contributed by atoms with E-state index in [1.165, 1.54) is 25.3 Å². The number of halogens is 3. The largest absolute Gasteiger partial charge is 0.495 e. The molecule has 3 aromatic rings. The fraction of sp³-hybridized carbons (Fsp3) is 0.240. The minimum Gasteiger partial charge on any atom is -0.495 e. The van der Waals surface area contributed by atoms with E-state index >= 15 is 0 Å². The number of hydrogen-bond acceptors (Lipinski definition) is 5. The molecule has 0 unspecified atom stereocenters. The van der Waals surface area contributed by atoms with Crippen LogP contribution in [0.15, 0.2) is 71.6 Å². The van der Waals surface area contributed by atoms with E-state index in [1.807, 2.05) is 6.92 Å². The Morgan fingerprint density at radius 3 is 2.33 bits per heavy atom. The van der Waals surface area contributed by atoms with Gasteiger partial charge in [0.2, 0.25) is 5.91 Å². The van der Waals surface area contributed by atoms with E-state index < -0.39 is 34.2 Å². The van der Waals surface area contributed by atoms with E-state index in [-0.39, 0.29) is 16.3 Å². The van der Waals surface area contributed by atoms with Gasteiger partial charge >= 0.3 is 6.18 Å². The zero-order valence-electron chi connectivity index (χ0n) is 19.8. The average molecular weight is 523 g/mol. The molecule has 0 saturated heterocycles. The number of rotatable bonds is 9. The van der Waals surface area contributed by atoms with Crippen LogP contribution < -0.4 is 19.1 Å². The van der Waals surface area contributed by atoms with Gasteiger partial charge in [-0.1, -0.05) is 12.1 Å². The highest BCUT2D eigenvalue weighted by atomic mass is 32.2. The topological polar surface area (TPSA) is 84.9 Å². The third kappa shape index (κ3) is 6.28. The Hall–Kier alpha value is -3.73. The van der Waals surface area contributed by atoms with Crippen LogP contribution >= 0.6 is 0 Å². The van der Waals surface area contributed by atoms with Crippen molar-refractivity contribution in [3.05, 3.63) is 77.9 Å². The smallest absolute Gasteiger partial charge is 0.416 e. The summed E-state index contributed by atoms with van der Waals surface area (Å²) in [6.07, 6.45) is -4.71. The SMILES string of the molecule is CCOc1ccc(NC(=O)CN(c2cccc(C(F)(F)F)c2)S(=O)(=O)c2cc(C)ccc2OC)cc1. The van der Waals surface area contributed by atoms with E-state index in [0.717, 1.165) is 12.1 Å². The number of nitrogens with one attached hydrogen (secondary N) is 1. The molecule has 36 heavy (non-hydrogen) atoms. The Morgan fingerprint density at radius 2 is 1.72 bits per heavy atom. The molecule has 0 aliphatic rings. The van der Waals surface area contributed by atoms with Crippen LogP contribution in [0.1, 0.15) is 18.1 Å². The number of ether oxygens (including phenoxy) is 2. The Labute approximate surface area is 207 Å². The quantitative estimate of drug-likeness (QED) is 0.415. The van der Waals surface area contributed by atoms with Crippen molar-refractivity contribution in [2.45, 2.75) is 24.9 Å². The summed E-state index contributed by atoms with van der Waals surface area (Å²) < 4.78 is 78.7. The van der Waals surface area contributed by atoms with Crippen molar-refractivity contribution in [2.24, 2.45) is 0 Å². The van der Waals surface area contributed by atoms with Crippen LogP contribution in [0.3, 0.4) is 0 Å². The summed E-state index contributed by atoms with van der Waals surface area (Å²) in [5.41, 5.74) is -0.436. The lowest BCUT2D eigenvalue weighted by molar-refractivity contribution is -0.137. The monoisotopic (exact) mass is 522 g/mol. The standard InChI is InChI=1S/C25H25F3N2O5S/c1-4-35-21-11-9-19(10-12-21)29-24(31)16-30(20-7-5-6-18(15-20)25(26,27)28)36(32,33)23-14-17(2)8-13-22(23)34-3/h5-15H,4,16H2,1-3H3,(H,29,31). The van der Waals surface area contributed by atoms with Gasteiger partial charge in [0.05, 0.1) is 25.0 Å². The van der Waals surface area contributed by atoms with Gasteiger partial charge in [-0.05, 0) is 74.0 Å². The van der Waals surface area contributed by atoms with E-state index in [1.54, 1.807) is 37.3 Å². The lowest BCUT2D eigenvalue weighted by Crippen LogP contribution is -2.38. The fourth-order valence-electron chi connectivity index (χ4n) is 3.39. The van der Waals surface area contributed by atoms with Gasteiger partial charge in [0.15, 0.2) is 0 Å². The molecule has 0 radical (unpaired) electrons. The number of carbonyl (C=O) groups excluding carboxylic acids is 1. The zero-order chi connectivity index (χ0) is 26.5. The number of alkyl halides is 3. The van der Waals surface area contributed by atoms with Crippen LogP contribution in [0.5, 0.6) is 11.5 Å². The molecule has 7 nitrogen and oxygen atoms in total. The molecule has 1 N–H and O–H groups in total. The van der Waals surface area contributed by atoms with Crippen LogP contribution in [0.4, 0.5) is 24.5 Å².